The molecule has 0 fully saturated rings. The molecule has 50 heavy (non-hydrogen) atoms. The van der Waals surface area contributed by atoms with E-state index in [4.69, 9.17) is 17.7 Å². The quantitative estimate of drug-likeness (QED) is 0.187. The Morgan fingerprint density at radius 1 is 0.400 bits per heavy atom. The summed E-state index contributed by atoms with van der Waals surface area (Å²) < 4.78 is 77.1. The maximum Gasteiger partial charge on any atom is 0.238 e. The number of aromatic nitrogens is 5. The second-order valence-electron chi connectivity index (χ2n) is 11.9. The average molecular weight is 648 g/mol. The molecule has 0 spiro atoms. The highest BCUT2D eigenvalue weighted by Gasteiger charge is 2.23. The summed E-state index contributed by atoms with van der Waals surface area (Å²) in [6.07, 6.45) is 0. The van der Waals surface area contributed by atoms with Gasteiger partial charge in [-0.05, 0) is 41.4 Å². The minimum absolute atomic E-state index is 0.0459. The van der Waals surface area contributed by atoms with E-state index < -0.39 is 0 Å². The summed E-state index contributed by atoms with van der Waals surface area (Å²) >= 11 is 0. The molecule has 7 aromatic carbocycles. The molecule has 0 amide bonds. The number of hydrogen-bond acceptors (Lipinski definition) is 3. The third-order valence-electron chi connectivity index (χ3n) is 8.96. The fourth-order valence-corrected chi connectivity index (χ4v) is 6.70. The van der Waals surface area contributed by atoms with Gasteiger partial charge in [0.05, 0.1) is 33.0 Å². The van der Waals surface area contributed by atoms with Gasteiger partial charge in [-0.1, -0.05) is 145 Å². The molecule has 0 unspecified atom stereocenters. The topological polar surface area (TPSA) is 48.5 Å². The van der Waals surface area contributed by atoms with Gasteiger partial charge in [0.1, 0.15) is 0 Å². The Hall–Kier alpha value is -6.85. The van der Waals surface area contributed by atoms with Gasteiger partial charge in [-0.2, -0.15) is 9.97 Å². The number of hydrogen-bond donors (Lipinski definition) is 0. The molecule has 3 heterocycles. The van der Waals surface area contributed by atoms with Gasteiger partial charge in [0.15, 0.2) is 11.6 Å². The smallest absolute Gasteiger partial charge is 0.238 e. The number of rotatable bonds is 5. The summed E-state index contributed by atoms with van der Waals surface area (Å²) in [6, 6.07) is 37.1. The molecule has 3 aromatic heterocycles. The lowest BCUT2D eigenvalue weighted by Crippen LogP contribution is -2.06. The first-order valence-electron chi connectivity index (χ1n) is 20.1. The molecule has 5 heteroatoms. The van der Waals surface area contributed by atoms with E-state index in [2.05, 4.69) is 0 Å². The molecule has 0 saturated heterocycles. The van der Waals surface area contributed by atoms with Crippen molar-refractivity contribution in [2.24, 2.45) is 0 Å². The zero-order valence-corrected chi connectivity index (χ0v) is 26.4. The highest BCUT2D eigenvalue weighted by molar-refractivity contribution is 6.26. The lowest BCUT2D eigenvalue weighted by atomic mass is 10.1. The predicted octanol–water partition coefficient (Wildman–Crippen LogP) is 11.1. The van der Waals surface area contributed by atoms with E-state index in [9.17, 15) is 8.22 Å². The molecular weight excluding hydrogens is 611 g/mol. The molecule has 0 aliphatic rings. The Morgan fingerprint density at radius 3 is 1.56 bits per heavy atom. The standard InChI is InChI=1S/C45H29N5/c1-4-14-30(15-5-1)31-24-26-34(27-25-31)49-39-23-13-11-21-37(39)41-40(49)29-28-36-35-20-10-12-22-38(35)50(42(36)41)45-47-43(32-16-6-2-7-17-32)46-44(48-45)33-18-8-3-9-19-33/h1-29H/i10D,11D,20D,21D,22D,23D,28D,29D. The van der Waals surface area contributed by atoms with Crippen LogP contribution >= 0.6 is 0 Å². The minimum atomic E-state index is -0.278. The van der Waals surface area contributed by atoms with Crippen molar-refractivity contribution in [1.82, 2.24) is 24.1 Å². The van der Waals surface area contributed by atoms with Crippen molar-refractivity contribution >= 4 is 43.6 Å². The molecule has 5 nitrogen and oxygen atoms in total. The Labute approximate surface area is 299 Å². The second kappa shape index (κ2) is 11.4. The van der Waals surface area contributed by atoms with Gasteiger partial charge in [-0.3, -0.25) is 4.57 Å². The maximum atomic E-state index is 9.64. The van der Waals surface area contributed by atoms with Gasteiger partial charge in [-0.15, -0.1) is 0 Å². The van der Waals surface area contributed by atoms with Crippen LogP contribution in [-0.4, -0.2) is 24.1 Å². The third-order valence-corrected chi connectivity index (χ3v) is 8.96. The Bertz CT molecular complexity index is 3240. The summed E-state index contributed by atoms with van der Waals surface area (Å²) in [5.41, 5.74) is 4.67. The Kier molecular flexibility index (Phi) is 4.83. The molecule has 0 aliphatic heterocycles. The summed E-state index contributed by atoms with van der Waals surface area (Å²) in [4.78, 5) is 14.8. The Balaban J connectivity index is 1.43. The lowest BCUT2D eigenvalue weighted by molar-refractivity contribution is 0.955. The fraction of sp³-hybridized carbons (Fsp3) is 0. The number of benzene rings is 7. The summed E-state index contributed by atoms with van der Waals surface area (Å²) in [6.45, 7) is 0. The van der Waals surface area contributed by atoms with Crippen LogP contribution in [0.3, 0.4) is 0 Å². The molecule has 0 radical (unpaired) electrons. The SMILES string of the molecule is [2H]c1cc([2H])c2c(c1[2H])c1c(c([2H])c([2H])c3c4c([2H])c([2H])cc([2H])c4n(-c4nc(-c5ccccc5)nc(-c5ccccc5)n4)c31)n2-c1ccc(-c2ccccc2)cc1. The molecule has 0 atom stereocenters. The minimum Gasteiger partial charge on any atom is -0.309 e. The van der Waals surface area contributed by atoms with Crippen LogP contribution < -0.4 is 0 Å². The largest absolute Gasteiger partial charge is 0.309 e. The van der Waals surface area contributed by atoms with Crippen molar-refractivity contribution in [2.45, 2.75) is 0 Å². The first kappa shape index (κ1) is 21.2. The van der Waals surface area contributed by atoms with E-state index in [1.807, 2.05) is 115 Å². The molecule has 0 N–H and O–H groups in total. The second-order valence-corrected chi connectivity index (χ2v) is 11.9. The van der Waals surface area contributed by atoms with Crippen molar-refractivity contribution in [3.63, 3.8) is 0 Å². The zero-order chi connectivity index (χ0) is 40.0. The molecular formula is C45H29N5. The van der Waals surface area contributed by atoms with Crippen LogP contribution in [0.15, 0.2) is 176 Å². The van der Waals surface area contributed by atoms with Crippen LogP contribution in [0.1, 0.15) is 11.0 Å². The van der Waals surface area contributed by atoms with E-state index in [1.165, 1.54) is 12.1 Å². The number of fused-ring (bicyclic) bond motifs is 7. The predicted molar refractivity (Wildman–Crippen MR) is 205 cm³/mol. The Morgan fingerprint density at radius 2 is 0.940 bits per heavy atom. The monoisotopic (exact) mass is 647 g/mol. The number of nitrogens with zero attached hydrogens (tertiary/aromatic N) is 5. The maximum absolute atomic E-state index is 9.64. The van der Waals surface area contributed by atoms with Gasteiger partial charge < -0.3 is 4.57 Å². The molecule has 0 bridgehead atoms. The van der Waals surface area contributed by atoms with Crippen LogP contribution in [0.25, 0.3) is 89.2 Å². The number of para-hydroxylation sites is 2. The molecule has 10 rings (SSSR count). The highest BCUT2D eigenvalue weighted by Crippen LogP contribution is 2.42. The van der Waals surface area contributed by atoms with Crippen molar-refractivity contribution < 1.29 is 11.0 Å². The summed E-state index contributed by atoms with van der Waals surface area (Å²) in [5, 5.41) is 0.633. The van der Waals surface area contributed by atoms with Crippen LogP contribution in [0.4, 0.5) is 0 Å². The van der Waals surface area contributed by atoms with E-state index in [0.717, 1.165) is 11.1 Å². The first-order chi connectivity index (χ1) is 28.1. The van der Waals surface area contributed by atoms with Gasteiger partial charge in [0.2, 0.25) is 5.95 Å². The average Bonchev–Trinajstić information content (AvgIpc) is 3.81. The van der Waals surface area contributed by atoms with Crippen molar-refractivity contribution in [3.05, 3.63) is 176 Å². The van der Waals surface area contributed by atoms with Gasteiger partial charge in [0.25, 0.3) is 0 Å². The fourth-order valence-electron chi connectivity index (χ4n) is 6.70. The van der Waals surface area contributed by atoms with E-state index in [0.29, 0.717) is 28.5 Å². The lowest BCUT2D eigenvalue weighted by Gasteiger charge is -2.12. The van der Waals surface area contributed by atoms with Crippen molar-refractivity contribution in [1.29, 1.82) is 0 Å². The normalized spacial score (nSPS) is 13.8. The summed E-state index contributed by atoms with van der Waals surface area (Å²) in [5.74, 6) is 0.680. The van der Waals surface area contributed by atoms with Crippen molar-refractivity contribution in [2.75, 3.05) is 0 Å². The first-order valence-corrected chi connectivity index (χ1v) is 16.1. The molecule has 0 aliphatic carbocycles. The van der Waals surface area contributed by atoms with Crippen LogP contribution in [0.5, 0.6) is 0 Å². The van der Waals surface area contributed by atoms with E-state index in [1.54, 1.807) is 9.13 Å². The van der Waals surface area contributed by atoms with Crippen LogP contribution in [0.2, 0.25) is 0 Å². The van der Waals surface area contributed by atoms with E-state index >= 15 is 0 Å². The van der Waals surface area contributed by atoms with E-state index in [-0.39, 0.29) is 97.9 Å². The van der Waals surface area contributed by atoms with Gasteiger partial charge in [-0.25, -0.2) is 4.98 Å². The van der Waals surface area contributed by atoms with Gasteiger partial charge in [0, 0.05) is 38.4 Å². The van der Waals surface area contributed by atoms with Crippen LogP contribution in [-0.2, 0) is 0 Å². The highest BCUT2D eigenvalue weighted by atomic mass is 15.2. The molecule has 0 saturated carbocycles. The van der Waals surface area contributed by atoms with Crippen molar-refractivity contribution in [3.8, 4) is 45.5 Å². The molecule has 10 aromatic rings. The third kappa shape index (κ3) is 4.45. The van der Waals surface area contributed by atoms with Crippen LogP contribution in [0, 0.1) is 0 Å². The zero-order valence-electron chi connectivity index (χ0n) is 34.4. The molecule has 234 valence electrons. The van der Waals surface area contributed by atoms with Gasteiger partial charge >= 0.3 is 0 Å². The summed E-state index contributed by atoms with van der Waals surface area (Å²) in [7, 11) is 0.